The van der Waals surface area contributed by atoms with E-state index in [9.17, 15) is 9.59 Å². The first-order chi connectivity index (χ1) is 17.9. The smallest absolute Gasteiger partial charge is 0.263 e. The highest BCUT2D eigenvalue weighted by molar-refractivity contribution is 7.17. The largest absolute Gasteiger partial charge is 0.292 e. The van der Waals surface area contributed by atoms with Crippen LogP contribution in [0.25, 0.3) is 33.0 Å². The lowest BCUT2D eigenvalue weighted by atomic mass is 10.1. The van der Waals surface area contributed by atoms with E-state index >= 15 is 0 Å². The van der Waals surface area contributed by atoms with Crippen LogP contribution < -0.4 is 10.5 Å². The van der Waals surface area contributed by atoms with Crippen LogP contribution in [0.4, 0.5) is 10.8 Å². The van der Waals surface area contributed by atoms with E-state index in [0.717, 1.165) is 44.0 Å². The van der Waals surface area contributed by atoms with E-state index in [1.165, 1.54) is 22.7 Å². The van der Waals surface area contributed by atoms with Gasteiger partial charge in [-0.1, -0.05) is 48.5 Å². The van der Waals surface area contributed by atoms with Gasteiger partial charge in [-0.15, -0.1) is 22.7 Å². The number of nitrogens with zero attached hydrogens (tertiary/aromatic N) is 4. The second-order valence-electron chi connectivity index (χ2n) is 9.16. The zero-order valence-electron chi connectivity index (χ0n) is 20.7. The van der Waals surface area contributed by atoms with Crippen LogP contribution in [0.2, 0.25) is 0 Å². The number of aromatic nitrogens is 3. The fourth-order valence-electron chi connectivity index (χ4n) is 4.96. The monoisotopic (exact) mass is 524 g/mol. The molecule has 2 aromatic carbocycles. The fourth-order valence-corrected chi connectivity index (χ4v) is 6.73. The Morgan fingerprint density at radius 3 is 2.49 bits per heavy atom. The summed E-state index contributed by atoms with van der Waals surface area (Å²) in [6.07, 6.45) is 2.70. The number of carbonyl (C=O) groups is 1. The Kier molecular flexibility index (Phi) is 5.85. The second kappa shape index (κ2) is 9.21. The number of fused-ring (bicyclic) bond motifs is 2. The molecular weight excluding hydrogens is 500 g/mol. The molecule has 6 nitrogen and oxygen atoms in total. The molecule has 0 spiro atoms. The molecule has 5 aromatic rings. The van der Waals surface area contributed by atoms with Gasteiger partial charge >= 0.3 is 0 Å². The van der Waals surface area contributed by atoms with Crippen molar-refractivity contribution in [1.82, 2.24) is 14.5 Å². The van der Waals surface area contributed by atoms with Crippen molar-refractivity contribution >= 4 is 61.3 Å². The highest BCUT2D eigenvalue weighted by Crippen LogP contribution is 2.36. The normalized spacial score (nSPS) is 13.9. The number of thiophene rings is 1. The van der Waals surface area contributed by atoms with Crippen LogP contribution in [-0.2, 0) is 11.3 Å². The third-order valence-electron chi connectivity index (χ3n) is 6.67. The van der Waals surface area contributed by atoms with Gasteiger partial charge in [0.25, 0.3) is 5.56 Å². The Bertz CT molecular complexity index is 1740. The van der Waals surface area contributed by atoms with Crippen LogP contribution in [0.5, 0.6) is 0 Å². The summed E-state index contributed by atoms with van der Waals surface area (Å²) in [6.45, 7) is 6.15. The Morgan fingerprint density at radius 2 is 1.76 bits per heavy atom. The van der Waals surface area contributed by atoms with Gasteiger partial charge in [-0.3, -0.25) is 19.1 Å². The number of amides is 1. The Balaban J connectivity index is 1.39. The molecule has 0 bridgehead atoms. The Labute approximate surface area is 222 Å². The standard InChI is InChI=1S/C29H24N4O2S2/c1-17-8-7-9-18(2)25(17)33(19(3)34)29-30-22(15-37-29)14-21-12-13-32-26(21)31-27-24(28(32)35)23(16-36-27)20-10-5-4-6-11-20/h4-11,14-16H,12-13H2,1-3H3/b21-14+. The van der Waals surface area contributed by atoms with Gasteiger partial charge in [0.05, 0.1) is 16.8 Å². The zero-order valence-corrected chi connectivity index (χ0v) is 22.3. The predicted molar refractivity (Wildman–Crippen MR) is 153 cm³/mol. The van der Waals surface area contributed by atoms with E-state index in [0.29, 0.717) is 29.3 Å². The summed E-state index contributed by atoms with van der Waals surface area (Å²) in [5, 5.41) is 5.28. The molecule has 0 radical (unpaired) electrons. The fraction of sp³-hybridized carbons (Fsp3) is 0.172. The van der Waals surface area contributed by atoms with Gasteiger partial charge in [0.2, 0.25) is 5.91 Å². The summed E-state index contributed by atoms with van der Waals surface area (Å²) in [5.41, 5.74) is 6.61. The quantitative estimate of drug-likeness (QED) is 0.258. The van der Waals surface area contributed by atoms with Crippen molar-refractivity contribution in [2.45, 2.75) is 33.7 Å². The van der Waals surface area contributed by atoms with E-state index in [-0.39, 0.29) is 11.5 Å². The number of thiazole rings is 1. The number of anilines is 2. The first-order valence-corrected chi connectivity index (χ1v) is 13.8. The molecule has 0 unspecified atom stereocenters. The summed E-state index contributed by atoms with van der Waals surface area (Å²) in [4.78, 5) is 38.3. The van der Waals surface area contributed by atoms with Crippen LogP contribution in [0.1, 0.15) is 36.0 Å². The maximum absolute atomic E-state index is 13.5. The number of aryl methyl sites for hydroxylation is 2. The number of allylic oxidation sites excluding steroid dienone is 1. The molecule has 37 heavy (non-hydrogen) atoms. The lowest BCUT2D eigenvalue weighted by Gasteiger charge is -2.22. The number of rotatable bonds is 4. The maximum atomic E-state index is 13.5. The predicted octanol–water partition coefficient (Wildman–Crippen LogP) is 6.83. The molecule has 184 valence electrons. The molecule has 6 rings (SSSR count). The van der Waals surface area contributed by atoms with E-state index in [1.54, 1.807) is 16.4 Å². The topological polar surface area (TPSA) is 68.1 Å². The molecule has 0 saturated carbocycles. The number of hydrogen-bond donors (Lipinski definition) is 0. The molecule has 0 saturated heterocycles. The van der Waals surface area contributed by atoms with Crippen LogP contribution in [0.15, 0.2) is 64.1 Å². The van der Waals surface area contributed by atoms with Crippen LogP contribution in [0, 0.1) is 13.8 Å². The molecule has 0 N–H and O–H groups in total. The van der Waals surface area contributed by atoms with Crippen molar-refractivity contribution < 1.29 is 4.79 Å². The highest BCUT2D eigenvalue weighted by atomic mass is 32.1. The lowest BCUT2D eigenvalue weighted by Crippen LogP contribution is -2.24. The number of hydrogen-bond acceptors (Lipinski definition) is 6. The average Bonchev–Trinajstić information content (AvgIpc) is 3.62. The zero-order chi connectivity index (χ0) is 25.7. The highest BCUT2D eigenvalue weighted by Gasteiger charge is 2.25. The van der Waals surface area contributed by atoms with Gasteiger partial charge < -0.3 is 0 Å². The number of carbonyl (C=O) groups excluding carboxylic acids is 1. The minimum Gasteiger partial charge on any atom is -0.292 e. The van der Waals surface area contributed by atoms with Gasteiger partial charge in [0, 0.05) is 29.8 Å². The minimum atomic E-state index is -0.0836. The van der Waals surface area contributed by atoms with Gasteiger partial charge in [-0.25, -0.2) is 9.97 Å². The van der Waals surface area contributed by atoms with Crippen molar-refractivity contribution in [3.05, 3.63) is 92.3 Å². The third-order valence-corrected chi connectivity index (χ3v) is 8.39. The van der Waals surface area contributed by atoms with Gasteiger partial charge in [-0.05, 0) is 48.6 Å². The molecule has 3 aromatic heterocycles. The number of para-hydroxylation sites is 1. The average molecular weight is 525 g/mol. The summed E-state index contributed by atoms with van der Waals surface area (Å²) in [6, 6.07) is 16.0. The maximum Gasteiger partial charge on any atom is 0.263 e. The molecular formula is C29H24N4O2S2. The Hall–Kier alpha value is -3.88. The van der Waals surface area contributed by atoms with Crippen LogP contribution in [0.3, 0.4) is 0 Å². The Morgan fingerprint density at radius 1 is 1.00 bits per heavy atom. The minimum absolute atomic E-state index is 0.000234. The van der Waals surface area contributed by atoms with Crippen molar-refractivity contribution in [2.75, 3.05) is 4.90 Å². The summed E-state index contributed by atoms with van der Waals surface area (Å²) in [7, 11) is 0. The second-order valence-corrected chi connectivity index (χ2v) is 10.9. The van der Waals surface area contributed by atoms with Gasteiger partial charge in [0.15, 0.2) is 5.13 Å². The van der Waals surface area contributed by atoms with Crippen molar-refractivity contribution in [3.63, 3.8) is 0 Å². The van der Waals surface area contributed by atoms with Crippen molar-refractivity contribution in [2.24, 2.45) is 0 Å². The van der Waals surface area contributed by atoms with Crippen molar-refractivity contribution in [3.8, 4) is 11.1 Å². The van der Waals surface area contributed by atoms with Crippen LogP contribution >= 0.6 is 22.7 Å². The van der Waals surface area contributed by atoms with E-state index in [2.05, 4.69) is 0 Å². The van der Waals surface area contributed by atoms with Gasteiger partial charge in [0.1, 0.15) is 10.7 Å². The third kappa shape index (κ3) is 4.02. The molecule has 1 amide bonds. The van der Waals surface area contributed by atoms with Gasteiger partial charge in [-0.2, -0.15) is 0 Å². The molecule has 0 atom stereocenters. The molecule has 0 aliphatic carbocycles. The van der Waals surface area contributed by atoms with Crippen molar-refractivity contribution in [1.29, 1.82) is 0 Å². The first-order valence-electron chi connectivity index (χ1n) is 12.0. The molecule has 1 aliphatic rings. The van der Waals surface area contributed by atoms with E-state index in [1.807, 2.05) is 79.2 Å². The molecule has 4 heterocycles. The van der Waals surface area contributed by atoms with Crippen LogP contribution in [-0.4, -0.2) is 20.4 Å². The molecule has 8 heteroatoms. The first kappa shape index (κ1) is 23.5. The number of benzene rings is 2. The summed E-state index contributed by atoms with van der Waals surface area (Å²) < 4.78 is 1.78. The SMILES string of the molecule is CC(=O)N(c1nc(/C=C2\CCn3c2nc2scc(-c4ccccc4)c2c3=O)cs1)c1c(C)cccc1C. The molecule has 1 aliphatic heterocycles. The van der Waals surface area contributed by atoms with E-state index in [4.69, 9.17) is 9.97 Å². The summed E-state index contributed by atoms with van der Waals surface area (Å²) in [5.74, 6) is 0.617. The lowest BCUT2D eigenvalue weighted by molar-refractivity contribution is -0.115. The van der Waals surface area contributed by atoms with E-state index < -0.39 is 0 Å². The molecule has 0 fully saturated rings. The summed E-state index contributed by atoms with van der Waals surface area (Å²) >= 11 is 2.93.